The van der Waals surface area contributed by atoms with Gasteiger partial charge in [0.1, 0.15) is 11.6 Å². The molecule has 0 radical (unpaired) electrons. The molecule has 0 spiro atoms. The van der Waals surface area contributed by atoms with E-state index in [0.717, 1.165) is 61.2 Å². The van der Waals surface area contributed by atoms with Gasteiger partial charge < -0.3 is 0 Å². The van der Waals surface area contributed by atoms with Crippen molar-refractivity contribution in [2.45, 2.75) is 65.5 Å². The second-order valence-electron chi connectivity index (χ2n) is 8.21. The first-order chi connectivity index (χ1) is 15.6. The number of fused-ring (bicyclic) bond motifs is 2. The summed E-state index contributed by atoms with van der Waals surface area (Å²) in [7, 11) is 0. The number of aryl methyl sites for hydroxylation is 2. The number of unbranched alkanes of at least 4 members (excludes halogenated alkanes) is 2. The Labute approximate surface area is 187 Å². The van der Waals surface area contributed by atoms with Crippen LogP contribution in [0.15, 0.2) is 58.1 Å². The van der Waals surface area contributed by atoms with Crippen LogP contribution in [0.5, 0.6) is 0 Å². The Morgan fingerprint density at radius 1 is 0.656 bits per heavy atom. The van der Waals surface area contributed by atoms with Crippen molar-refractivity contribution in [2.24, 2.45) is 0 Å². The first-order valence-corrected chi connectivity index (χ1v) is 11.6. The van der Waals surface area contributed by atoms with E-state index in [1.807, 2.05) is 48.5 Å². The molecule has 0 amide bonds. The summed E-state index contributed by atoms with van der Waals surface area (Å²) in [5.41, 5.74) is 1.37. The van der Waals surface area contributed by atoms with Crippen molar-refractivity contribution in [3.8, 4) is 0 Å². The quantitative estimate of drug-likeness (QED) is 0.392. The number of nitrogens with zero attached hydrogens (tertiary/aromatic N) is 4. The minimum atomic E-state index is -0.0430. The summed E-state index contributed by atoms with van der Waals surface area (Å²) in [5, 5.41) is 1.23. The van der Waals surface area contributed by atoms with Crippen molar-refractivity contribution in [2.75, 3.05) is 0 Å². The number of aromatic nitrogens is 4. The van der Waals surface area contributed by atoms with Gasteiger partial charge in [-0.2, -0.15) is 0 Å². The van der Waals surface area contributed by atoms with Gasteiger partial charge in [0.2, 0.25) is 0 Å². The SMILES string of the molecule is CCCCc1nc2ccccc2c(=O)n1CCn1c(CCCC)nc2ccccc2c1=O. The minimum absolute atomic E-state index is 0.0430. The van der Waals surface area contributed by atoms with Gasteiger partial charge in [0, 0.05) is 25.9 Å². The molecule has 6 nitrogen and oxygen atoms in total. The zero-order chi connectivity index (χ0) is 22.5. The number of para-hydroxylation sites is 2. The highest BCUT2D eigenvalue weighted by Gasteiger charge is 2.14. The molecule has 0 atom stereocenters. The van der Waals surface area contributed by atoms with Gasteiger partial charge >= 0.3 is 0 Å². The summed E-state index contributed by atoms with van der Waals surface area (Å²) in [6.07, 6.45) is 5.46. The standard InChI is InChI=1S/C26H30N4O2/c1-3-5-15-23-27-21-13-9-7-11-19(21)25(31)29(23)17-18-30-24(16-6-4-2)28-22-14-10-8-12-20(22)26(30)32/h7-14H,3-6,15-18H2,1-2H3. The predicted molar refractivity (Wildman–Crippen MR) is 129 cm³/mol. The maximum Gasteiger partial charge on any atom is 0.261 e. The van der Waals surface area contributed by atoms with Crippen LogP contribution < -0.4 is 11.1 Å². The molecule has 0 aliphatic carbocycles. The summed E-state index contributed by atoms with van der Waals surface area (Å²) in [6.45, 7) is 5.05. The van der Waals surface area contributed by atoms with Gasteiger partial charge in [-0.3, -0.25) is 18.7 Å². The Hall–Kier alpha value is -3.28. The van der Waals surface area contributed by atoms with Gasteiger partial charge in [0.25, 0.3) is 11.1 Å². The Morgan fingerprint density at radius 2 is 1.06 bits per heavy atom. The first-order valence-electron chi connectivity index (χ1n) is 11.6. The molecular weight excluding hydrogens is 400 g/mol. The zero-order valence-electron chi connectivity index (χ0n) is 18.9. The van der Waals surface area contributed by atoms with Crippen LogP contribution in [0.25, 0.3) is 21.8 Å². The van der Waals surface area contributed by atoms with Gasteiger partial charge in [-0.05, 0) is 37.1 Å². The molecule has 0 saturated heterocycles. The van der Waals surface area contributed by atoms with Crippen LogP contribution in [0.4, 0.5) is 0 Å². The van der Waals surface area contributed by atoms with Crippen LogP contribution in [0.1, 0.15) is 51.2 Å². The van der Waals surface area contributed by atoms with E-state index in [1.54, 1.807) is 9.13 Å². The van der Waals surface area contributed by atoms with E-state index in [0.29, 0.717) is 23.9 Å². The largest absolute Gasteiger partial charge is 0.294 e. The molecule has 0 saturated carbocycles. The molecule has 0 unspecified atom stereocenters. The third-order valence-electron chi connectivity index (χ3n) is 5.94. The Morgan fingerprint density at radius 3 is 1.47 bits per heavy atom. The van der Waals surface area contributed by atoms with Gasteiger partial charge in [-0.25, -0.2) is 9.97 Å². The van der Waals surface area contributed by atoms with Crippen LogP contribution in [0.3, 0.4) is 0 Å². The van der Waals surface area contributed by atoms with Crippen molar-refractivity contribution < 1.29 is 0 Å². The fourth-order valence-electron chi connectivity index (χ4n) is 4.14. The monoisotopic (exact) mass is 430 g/mol. The fraction of sp³-hybridized carbons (Fsp3) is 0.385. The van der Waals surface area contributed by atoms with E-state index < -0.39 is 0 Å². The maximum absolute atomic E-state index is 13.3. The molecule has 0 aliphatic rings. The zero-order valence-corrected chi connectivity index (χ0v) is 18.9. The van der Waals surface area contributed by atoms with Crippen molar-refractivity contribution in [1.82, 2.24) is 19.1 Å². The highest BCUT2D eigenvalue weighted by Crippen LogP contribution is 2.13. The van der Waals surface area contributed by atoms with Crippen molar-refractivity contribution in [3.05, 3.63) is 80.9 Å². The minimum Gasteiger partial charge on any atom is -0.294 e. The van der Waals surface area contributed by atoms with E-state index in [4.69, 9.17) is 9.97 Å². The number of hydrogen-bond donors (Lipinski definition) is 0. The highest BCUT2D eigenvalue weighted by molar-refractivity contribution is 5.78. The normalized spacial score (nSPS) is 11.4. The molecule has 0 fully saturated rings. The second-order valence-corrected chi connectivity index (χ2v) is 8.21. The lowest BCUT2D eigenvalue weighted by Gasteiger charge is -2.17. The highest BCUT2D eigenvalue weighted by atomic mass is 16.1. The molecule has 0 aliphatic heterocycles. The average Bonchev–Trinajstić information content (AvgIpc) is 2.82. The summed E-state index contributed by atoms with van der Waals surface area (Å²) in [4.78, 5) is 36.2. The van der Waals surface area contributed by atoms with E-state index >= 15 is 0 Å². The molecule has 2 heterocycles. The number of hydrogen-bond acceptors (Lipinski definition) is 4. The number of benzene rings is 2. The maximum atomic E-state index is 13.3. The van der Waals surface area contributed by atoms with Crippen LogP contribution in [-0.2, 0) is 25.9 Å². The van der Waals surface area contributed by atoms with Gasteiger partial charge in [-0.1, -0.05) is 51.0 Å². The molecule has 6 heteroatoms. The van der Waals surface area contributed by atoms with E-state index in [9.17, 15) is 9.59 Å². The first kappa shape index (κ1) is 21.9. The fourth-order valence-corrected chi connectivity index (χ4v) is 4.14. The summed E-state index contributed by atoms with van der Waals surface area (Å²) >= 11 is 0. The Bertz CT molecular complexity index is 1250. The smallest absolute Gasteiger partial charge is 0.261 e. The van der Waals surface area contributed by atoms with Crippen molar-refractivity contribution in [3.63, 3.8) is 0 Å². The van der Waals surface area contributed by atoms with Crippen molar-refractivity contribution >= 4 is 21.8 Å². The van der Waals surface area contributed by atoms with Gasteiger partial charge in [-0.15, -0.1) is 0 Å². The van der Waals surface area contributed by atoms with Crippen LogP contribution >= 0.6 is 0 Å². The summed E-state index contributed by atoms with van der Waals surface area (Å²) < 4.78 is 3.51. The van der Waals surface area contributed by atoms with E-state index in [1.165, 1.54) is 0 Å². The molecule has 4 rings (SSSR count). The lowest BCUT2D eigenvalue weighted by molar-refractivity contribution is 0.503. The molecule has 4 aromatic rings. The third-order valence-corrected chi connectivity index (χ3v) is 5.94. The van der Waals surface area contributed by atoms with Crippen molar-refractivity contribution in [1.29, 1.82) is 0 Å². The molecule has 2 aromatic carbocycles. The molecular formula is C26H30N4O2. The average molecular weight is 431 g/mol. The van der Waals surface area contributed by atoms with Gasteiger partial charge in [0.15, 0.2) is 0 Å². The van der Waals surface area contributed by atoms with Crippen LogP contribution in [-0.4, -0.2) is 19.1 Å². The van der Waals surface area contributed by atoms with Gasteiger partial charge in [0.05, 0.1) is 21.8 Å². The Balaban J connectivity index is 1.77. The van der Waals surface area contributed by atoms with E-state index in [-0.39, 0.29) is 11.1 Å². The molecule has 2 aromatic heterocycles. The number of rotatable bonds is 9. The molecule has 166 valence electrons. The summed E-state index contributed by atoms with van der Waals surface area (Å²) in [6, 6.07) is 15.0. The molecule has 0 N–H and O–H groups in total. The molecule has 32 heavy (non-hydrogen) atoms. The lowest BCUT2D eigenvalue weighted by Crippen LogP contribution is -2.32. The van der Waals surface area contributed by atoms with Crippen LogP contribution in [0, 0.1) is 0 Å². The second kappa shape index (κ2) is 9.90. The lowest BCUT2D eigenvalue weighted by atomic mass is 10.2. The Kier molecular flexibility index (Phi) is 6.78. The third kappa shape index (κ3) is 4.35. The predicted octanol–water partition coefficient (Wildman–Crippen LogP) is 4.49. The topological polar surface area (TPSA) is 69.8 Å². The molecule has 0 bridgehead atoms. The van der Waals surface area contributed by atoms with Crippen LogP contribution in [0.2, 0.25) is 0 Å². The summed E-state index contributed by atoms with van der Waals surface area (Å²) in [5.74, 6) is 1.57. The van der Waals surface area contributed by atoms with E-state index in [2.05, 4.69) is 13.8 Å².